The molecule has 3 heteroatoms. The maximum atomic E-state index is 6.08. The molecule has 1 aliphatic heterocycles. The van der Waals surface area contributed by atoms with Crippen molar-refractivity contribution in [2.45, 2.75) is 18.8 Å². The summed E-state index contributed by atoms with van der Waals surface area (Å²) in [5.74, 6) is 0.716. The van der Waals surface area contributed by atoms with E-state index in [1.54, 1.807) is 0 Å². The van der Waals surface area contributed by atoms with E-state index in [2.05, 4.69) is 22.8 Å². The zero-order valence-corrected chi connectivity index (χ0v) is 10.6. The van der Waals surface area contributed by atoms with E-state index >= 15 is 0 Å². The van der Waals surface area contributed by atoms with Crippen molar-refractivity contribution in [3.63, 3.8) is 0 Å². The summed E-state index contributed by atoms with van der Waals surface area (Å²) < 4.78 is 1.36. The van der Waals surface area contributed by atoms with Crippen molar-refractivity contribution in [2.75, 3.05) is 13.1 Å². The molecular weight excluding hydrogens is 238 g/mol. The van der Waals surface area contributed by atoms with Crippen LogP contribution in [0.1, 0.15) is 24.3 Å². The summed E-state index contributed by atoms with van der Waals surface area (Å²) in [6, 6.07) is 6.23. The van der Waals surface area contributed by atoms with Gasteiger partial charge < -0.3 is 5.32 Å². The van der Waals surface area contributed by atoms with Gasteiger partial charge in [-0.15, -0.1) is 11.3 Å². The molecule has 0 atom stereocenters. The molecule has 0 bridgehead atoms. The van der Waals surface area contributed by atoms with Crippen molar-refractivity contribution in [1.82, 2.24) is 5.32 Å². The average Bonchev–Trinajstić information content (AvgIpc) is 2.73. The smallest absolute Gasteiger partial charge is 0.0413 e. The molecule has 1 N–H and O–H groups in total. The molecule has 0 spiro atoms. The van der Waals surface area contributed by atoms with Crippen molar-refractivity contribution >= 4 is 33.0 Å². The van der Waals surface area contributed by atoms with Gasteiger partial charge in [-0.2, -0.15) is 0 Å². The predicted molar refractivity (Wildman–Crippen MR) is 71.7 cm³/mol. The zero-order valence-electron chi connectivity index (χ0n) is 9.00. The highest BCUT2D eigenvalue weighted by Gasteiger charge is 2.18. The van der Waals surface area contributed by atoms with Gasteiger partial charge in [-0.05, 0) is 66.4 Å². The van der Waals surface area contributed by atoms with Crippen LogP contribution in [-0.4, -0.2) is 13.1 Å². The third-order valence-corrected chi connectivity index (χ3v) is 4.56. The molecule has 1 aromatic heterocycles. The van der Waals surface area contributed by atoms with Crippen LogP contribution in [-0.2, 0) is 0 Å². The van der Waals surface area contributed by atoms with Crippen LogP contribution in [0, 0.1) is 0 Å². The standard InChI is InChI=1S/C13H14ClNS/c14-10-1-2-13-11(7-10)12(8-16-13)9-3-5-15-6-4-9/h1-2,7-9,15H,3-6H2. The number of benzene rings is 1. The summed E-state index contributed by atoms with van der Waals surface area (Å²) in [6.07, 6.45) is 2.50. The maximum Gasteiger partial charge on any atom is 0.0413 e. The Labute approximate surface area is 104 Å². The lowest BCUT2D eigenvalue weighted by molar-refractivity contribution is 0.463. The van der Waals surface area contributed by atoms with Gasteiger partial charge >= 0.3 is 0 Å². The molecule has 0 saturated carbocycles. The third kappa shape index (κ3) is 1.86. The fourth-order valence-electron chi connectivity index (χ4n) is 2.47. The van der Waals surface area contributed by atoms with Crippen molar-refractivity contribution in [1.29, 1.82) is 0 Å². The van der Waals surface area contributed by atoms with Crippen LogP contribution < -0.4 is 5.32 Å². The second-order valence-corrected chi connectivity index (χ2v) is 5.70. The minimum atomic E-state index is 0.716. The number of hydrogen-bond donors (Lipinski definition) is 1. The fourth-order valence-corrected chi connectivity index (χ4v) is 3.67. The van der Waals surface area contributed by atoms with E-state index in [1.807, 2.05) is 17.4 Å². The van der Waals surface area contributed by atoms with E-state index in [1.165, 1.54) is 28.5 Å². The van der Waals surface area contributed by atoms with E-state index in [9.17, 15) is 0 Å². The highest BCUT2D eigenvalue weighted by Crippen LogP contribution is 2.36. The van der Waals surface area contributed by atoms with Crippen molar-refractivity contribution in [2.24, 2.45) is 0 Å². The molecule has 1 nitrogen and oxygen atoms in total. The summed E-state index contributed by atoms with van der Waals surface area (Å²) >= 11 is 7.92. The van der Waals surface area contributed by atoms with Crippen LogP contribution in [0.5, 0.6) is 0 Å². The Kier molecular flexibility index (Phi) is 2.88. The lowest BCUT2D eigenvalue weighted by Gasteiger charge is -2.22. The molecule has 0 aliphatic carbocycles. The number of rotatable bonds is 1. The number of fused-ring (bicyclic) bond motifs is 1. The topological polar surface area (TPSA) is 12.0 Å². The minimum Gasteiger partial charge on any atom is -0.317 e. The quantitative estimate of drug-likeness (QED) is 0.807. The molecule has 0 unspecified atom stereocenters. The molecule has 1 aliphatic rings. The number of piperidine rings is 1. The SMILES string of the molecule is Clc1ccc2scc(C3CCNCC3)c2c1. The molecule has 0 radical (unpaired) electrons. The monoisotopic (exact) mass is 251 g/mol. The molecule has 1 aromatic carbocycles. The number of nitrogens with one attached hydrogen (secondary N) is 1. The summed E-state index contributed by atoms with van der Waals surface area (Å²) in [6.45, 7) is 2.28. The largest absolute Gasteiger partial charge is 0.317 e. The van der Waals surface area contributed by atoms with Gasteiger partial charge in [0, 0.05) is 9.72 Å². The molecular formula is C13H14ClNS. The first-order chi connectivity index (χ1) is 7.84. The van der Waals surface area contributed by atoms with Gasteiger partial charge in [0.25, 0.3) is 0 Å². The Morgan fingerprint density at radius 2 is 2.06 bits per heavy atom. The first-order valence-electron chi connectivity index (χ1n) is 5.72. The van der Waals surface area contributed by atoms with Crippen LogP contribution in [0.2, 0.25) is 5.02 Å². The van der Waals surface area contributed by atoms with Gasteiger partial charge in [-0.1, -0.05) is 11.6 Å². The van der Waals surface area contributed by atoms with Crippen molar-refractivity contribution in [3.05, 3.63) is 34.2 Å². The molecule has 84 valence electrons. The van der Waals surface area contributed by atoms with Gasteiger partial charge in [-0.3, -0.25) is 0 Å². The summed E-state index contributed by atoms with van der Waals surface area (Å²) in [7, 11) is 0. The molecule has 0 amide bonds. The van der Waals surface area contributed by atoms with Crippen molar-refractivity contribution < 1.29 is 0 Å². The van der Waals surface area contributed by atoms with E-state index in [4.69, 9.17) is 11.6 Å². The molecule has 1 saturated heterocycles. The van der Waals surface area contributed by atoms with E-state index in [-0.39, 0.29) is 0 Å². The molecule has 1 fully saturated rings. The second-order valence-electron chi connectivity index (χ2n) is 4.36. The van der Waals surface area contributed by atoms with Crippen LogP contribution in [0.15, 0.2) is 23.6 Å². The highest BCUT2D eigenvalue weighted by molar-refractivity contribution is 7.17. The number of thiophene rings is 1. The van der Waals surface area contributed by atoms with Gasteiger partial charge in [-0.25, -0.2) is 0 Å². The van der Waals surface area contributed by atoms with Crippen LogP contribution in [0.4, 0.5) is 0 Å². The Morgan fingerprint density at radius 1 is 1.25 bits per heavy atom. The summed E-state index contributed by atoms with van der Waals surface area (Å²) in [5.41, 5.74) is 1.50. The Morgan fingerprint density at radius 3 is 2.88 bits per heavy atom. The fraction of sp³-hybridized carbons (Fsp3) is 0.385. The van der Waals surface area contributed by atoms with Gasteiger partial charge in [0.1, 0.15) is 0 Å². The first-order valence-corrected chi connectivity index (χ1v) is 6.98. The second kappa shape index (κ2) is 4.36. The minimum absolute atomic E-state index is 0.716. The van der Waals surface area contributed by atoms with Crippen molar-refractivity contribution in [3.8, 4) is 0 Å². The number of hydrogen-bond acceptors (Lipinski definition) is 2. The normalized spacial score (nSPS) is 18.1. The summed E-state index contributed by atoms with van der Waals surface area (Å²) in [5, 5.41) is 7.94. The first kappa shape index (κ1) is 10.6. The van der Waals surface area contributed by atoms with E-state index < -0.39 is 0 Å². The Hall–Kier alpha value is -0.570. The van der Waals surface area contributed by atoms with E-state index in [0.29, 0.717) is 5.92 Å². The summed E-state index contributed by atoms with van der Waals surface area (Å²) in [4.78, 5) is 0. The molecule has 3 rings (SSSR count). The Bertz CT molecular complexity index is 500. The molecule has 2 heterocycles. The predicted octanol–water partition coefficient (Wildman–Crippen LogP) is 4.02. The lowest BCUT2D eigenvalue weighted by Crippen LogP contribution is -2.26. The van der Waals surface area contributed by atoms with Gasteiger partial charge in [0.15, 0.2) is 0 Å². The maximum absolute atomic E-state index is 6.08. The van der Waals surface area contributed by atoms with Gasteiger partial charge in [0.05, 0.1) is 0 Å². The van der Waals surface area contributed by atoms with E-state index in [0.717, 1.165) is 18.1 Å². The Balaban J connectivity index is 2.05. The van der Waals surface area contributed by atoms with Gasteiger partial charge in [0.2, 0.25) is 0 Å². The van der Waals surface area contributed by atoms with Crippen LogP contribution in [0.25, 0.3) is 10.1 Å². The third-order valence-electron chi connectivity index (χ3n) is 3.34. The molecule has 16 heavy (non-hydrogen) atoms. The molecule has 2 aromatic rings. The van der Waals surface area contributed by atoms with Crippen LogP contribution >= 0.6 is 22.9 Å². The number of halogens is 1. The average molecular weight is 252 g/mol. The lowest BCUT2D eigenvalue weighted by atomic mass is 9.90. The zero-order chi connectivity index (χ0) is 11.0. The highest BCUT2D eigenvalue weighted by atomic mass is 35.5. The van der Waals surface area contributed by atoms with Crippen LogP contribution in [0.3, 0.4) is 0 Å².